The lowest BCUT2D eigenvalue weighted by molar-refractivity contribution is -0.122. The molecule has 144 valence electrons. The Morgan fingerprint density at radius 1 is 1.04 bits per heavy atom. The van der Waals surface area contributed by atoms with Crippen LogP contribution < -0.4 is 10.6 Å². The Balaban J connectivity index is 1.42. The highest BCUT2D eigenvalue weighted by Gasteiger charge is 2.11. The molecule has 0 atom stereocenters. The molecule has 10 heteroatoms. The number of thioether (sulfide) groups is 1. The van der Waals surface area contributed by atoms with Crippen molar-refractivity contribution < 1.29 is 18.4 Å². The number of rotatable bonds is 7. The zero-order chi connectivity index (χ0) is 19.9. The number of hydrogen-bond donors (Lipinski definition) is 3. The second-order valence-electron chi connectivity index (χ2n) is 5.58. The number of carbonyl (C=O) groups excluding carboxylic acids is 2. The molecule has 3 aromatic rings. The molecule has 0 radical (unpaired) electrons. The summed E-state index contributed by atoms with van der Waals surface area (Å²) in [5.41, 5.74) is 0.974. The number of halogens is 2. The summed E-state index contributed by atoms with van der Waals surface area (Å²) in [5, 5.41) is 12.0. The third-order valence-electron chi connectivity index (χ3n) is 3.49. The number of H-pyrrole nitrogens is 1. The van der Waals surface area contributed by atoms with Crippen LogP contribution >= 0.6 is 11.8 Å². The number of nitrogens with zero attached hydrogens (tertiary/aromatic N) is 2. The van der Waals surface area contributed by atoms with Crippen LogP contribution in [0.4, 0.5) is 14.5 Å². The van der Waals surface area contributed by atoms with Gasteiger partial charge in [0.25, 0.3) is 0 Å². The normalized spacial score (nSPS) is 10.5. The fourth-order valence-corrected chi connectivity index (χ4v) is 2.80. The Hall–Kier alpha value is -3.27. The molecule has 2 aromatic carbocycles. The lowest BCUT2D eigenvalue weighted by atomic mass is 10.2. The first-order chi connectivity index (χ1) is 13.5. The van der Waals surface area contributed by atoms with Crippen molar-refractivity contribution in [3.8, 4) is 11.4 Å². The molecule has 0 aliphatic carbocycles. The first-order valence-electron chi connectivity index (χ1n) is 8.13. The van der Waals surface area contributed by atoms with E-state index in [-0.39, 0.29) is 18.0 Å². The summed E-state index contributed by atoms with van der Waals surface area (Å²) in [6.07, 6.45) is 0. The summed E-state index contributed by atoms with van der Waals surface area (Å²) in [5.74, 6) is -2.42. The highest BCUT2D eigenvalue weighted by atomic mass is 32.2. The molecular formula is C18H15F2N5O2S. The Kier molecular flexibility index (Phi) is 6.33. The van der Waals surface area contributed by atoms with Crippen LogP contribution in [0.2, 0.25) is 0 Å². The molecule has 0 bridgehead atoms. The second kappa shape index (κ2) is 9.09. The first kappa shape index (κ1) is 19.5. The van der Waals surface area contributed by atoms with E-state index in [9.17, 15) is 18.4 Å². The molecule has 3 rings (SSSR count). The molecule has 1 heterocycles. The standard InChI is InChI=1S/C18H15F2N5O2S/c19-13-7-6-12(8-14(13)20)22-15(26)9-21-16(27)10-28-18-23-17(24-25-18)11-4-2-1-3-5-11/h1-8H,9-10H2,(H,21,27)(H,22,26)(H,23,24,25). The maximum atomic E-state index is 13.1. The van der Waals surface area contributed by atoms with Crippen molar-refractivity contribution in [2.45, 2.75) is 5.16 Å². The SMILES string of the molecule is O=C(CSc1n[nH]c(-c2ccccc2)n1)NCC(=O)Nc1ccc(F)c(F)c1. The molecule has 1 aromatic heterocycles. The van der Waals surface area contributed by atoms with Gasteiger partial charge in [0.15, 0.2) is 17.5 Å². The molecule has 28 heavy (non-hydrogen) atoms. The number of aromatic amines is 1. The van der Waals surface area contributed by atoms with Gasteiger partial charge in [0.05, 0.1) is 12.3 Å². The Bertz CT molecular complexity index is 981. The topological polar surface area (TPSA) is 99.8 Å². The predicted octanol–water partition coefficient (Wildman–Crippen LogP) is 2.60. The fraction of sp³-hybridized carbons (Fsp3) is 0.111. The summed E-state index contributed by atoms with van der Waals surface area (Å²) in [6, 6.07) is 12.4. The van der Waals surface area contributed by atoms with E-state index in [2.05, 4.69) is 25.8 Å². The van der Waals surface area contributed by atoms with Crippen molar-refractivity contribution in [2.24, 2.45) is 0 Å². The van der Waals surface area contributed by atoms with E-state index in [0.29, 0.717) is 11.0 Å². The van der Waals surface area contributed by atoms with Crippen molar-refractivity contribution in [1.29, 1.82) is 0 Å². The first-order valence-corrected chi connectivity index (χ1v) is 9.12. The summed E-state index contributed by atoms with van der Waals surface area (Å²) in [6.45, 7) is -0.304. The van der Waals surface area contributed by atoms with Gasteiger partial charge in [-0.25, -0.2) is 13.8 Å². The van der Waals surface area contributed by atoms with Gasteiger partial charge in [-0.3, -0.25) is 14.7 Å². The van der Waals surface area contributed by atoms with Crippen LogP contribution in [0.3, 0.4) is 0 Å². The number of nitrogens with one attached hydrogen (secondary N) is 3. The van der Waals surface area contributed by atoms with Crippen LogP contribution in [-0.4, -0.2) is 39.3 Å². The zero-order valence-electron chi connectivity index (χ0n) is 14.4. The summed E-state index contributed by atoms with van der Waals surface area (Å²) in [4.78, 5) is 27.9. The minimum absolute atomic E-state index is 0.0184. The van der Waals surface area contributed by atoms with Gasteiger partial charge in [-0.05, 0) is 12.1 Å². The highest BCUT2D eigenvalue weighted by Crippen LogP contribution is 2.18. The highest BCUT2D eigenvalue weighted by molar-refractivity contribution is 7.99. The fourth-order valence-electron chi connectivity index (χ4n) is 2.18. The van der Waals surface area contributed by atoms with Crippen LogP contribution in [0, 0.1) is 11.6 Å². The zero-order valence-corrected chi connectivity index (χ0v) is 15.2. The van der Waals surface area contributed by atoms with E-state index in [4.69, 9.17) is 0 Å². The molecule has 0 saturated heterocycles. The Morgan fingerprint density at radius 2 is 1.82 bits per heavy atom. The molecule has 7 nitrogen and oxygen atoms in total. The average molecular weight is 403 g/mol. The number of aromatic nitrogens is 3. The third-order valence-corrected chi connectivity index (χ3v) is 4.34. The van der Waals surface area contributed by atoms with Gasteiger partial charge in [-0.2, -0.15) is 0 Å². The van der Waals surface area contributed by atoms with Crippen molar-refractivity contribution >= 4 is 29.3 Å². The van der Waals surface area contributed by atoms with Gasteiger partial charge >= 0.3 is 0 Å². The smallest absolute Gasteiger partial charge is 0.243 e. The van der Waals surface area contributed by atoms with Crippen LogP contribution in [0.1, 0.15) is 0 Å². The van der Waals surface area contributed by atoms with Gasteiger partial charge in [0.1, 0.15) is 0 Å². The van der Waals surface area contributed by atoms with E-state index in [1.54, 1.807) is 0 Å². The van der Waals surface area contributed by atoms with Gasteiger partial charge in [-0.1, -0.05) is 42.1 Å². The molecular weight excluding hydrogens is 388 g/mol. The minimum atomic E-state index is -1.07. The van der Waals surface area contributed by atoms with Gasteiger partial charge in [-0.15, -0.1) is 5.10 Å². The third kappa shape index (κ3) is 5.36. The number of anilines is 1. The van der Waals surface area contributed by atoms with Crippen molar-refractivity contribution in [3.63, 3.8) is 0 Å². The van der Waals surface area contributed by atoms with Crippen molar-refractivity contribution in [2.75, 3.05) is 17.6 Å². The van der Waals surface area contributed by atoms with Crippen LogP contribution in [0.15, 0.2) is 53.7 Å². The lowest BCUT2D eigenvalue weighted by Crippen LogP contribution is -2.33. The molecule has 0 aliphatic heterocycles. The maximum Gasteiger partial charge on any atom is 0.243 e. The van der Waals surface area contributed by atoms with Crippen LogP contribution in [0.5, 0.6) is 0 Å². The summed E-state index contributed by atoms with van der Waals surface area (Å²) in [7, 11) is 0. The predicted molar refractivity (Wildman–Crippen MR) is 101 cm³/mol. The summed E-state index contributed by atoms with van der Waals surface area (Å²) >= 11 is 1.11. The minimum Gasteiger partial charge on any atom is -0.346 e. The van der Waals surface area contributed by atoms with Crippen LogP contribution in [0.25, 0.3) is 11.4 Å². The average Bonchev–Trinajstić information content (AvgIpc) is 3.17. The number of benzene rings is 2. The molecule has 0 saturated carbocycles. The van der Waals surface area contributed by atoms with Crippen LogP contribution in [-0.2, 0) is 9.59 Å². The van der Waals surface area contributed by atoms with Crippen molar-refractivity contribution in [1.82, 2.24) is 20.5 Å². The molecule has 0 fully saturated rings. The largest absolute Gasteiger partial charge is 0.346 e. The van der Waals surface area contributed by atoms with E-state index in [1.165, 1.54) is 6.07 Å². The van der Waals surface area contributed by atoms with E-state index in [0.717, 1.165) is 29.5 Å². The van der Waals surface area contributed by atoms with Gasteiger partial charge in [0.2, 0.25) is 17.0 Å². The summed E-state index contributed by atoms with van der Waals surface area (Å²) < 4.78 is 26.0. The van der Waals surface area contributed by atoms with Crippen molar-refractivity contribution in [3.05, 3.63) is 60.2 Å². The van der Waals surface area contributed by atoms with E-state index in [1.807, 2.05) is 30.3 Å². The van der Waals surface area contributed by atoms with Gasteiger partial charge < -0.3 is 10.6 Å². The molecule has 0 spiro atoms. The maximum absolute atomic E-state index is 13.1. The molecule has 0 aliphatic rings. The quantitative estimate of drug-likeness (QED) is 0.527. The Labute approximate surface area is 162 Å². The van der Waals surface area contributed by atoms with Gasteiger partial charge in [0, 0.05) is 17.3 Å². The second-order valence-corrected chi connectivity index (χ2v) is 6.52. The molecule has 0 unspecified atom stereocenters. The number of carbonyl (C=O) groups is 2. The number of hydrogen-bond acceptors (Lipinski definition) is 5. The molecule has 3 N–H and O–H groups in total. The number of amides is 2. The van der Waals surface area contributed by atoms with E-state index >= 15 is 0 Å². The van der Waals surface area contributed by atoms with E-state index < -0.39 is 23.4 Å². The molecule has 2 amide bonds. The lowest BCUT2D eigenvalue weighted by Gasteiger charge is -2.07. The monoisotopic (exact) mass is 403 g/mol. The Morgan fingerprint density at radius 3 is 2.57 bits per heavy atom.